The van der Waals surface area contributed by atoms with Gasteiger partial charge in [-0.1, -0.05) is 6.07 Å². The third kappa shape index (κ3) is 3.87. The van der Waals surface area contributed by atoms with Crippen molar-refractivity contribution in [1.82, 2.24) is 10.6 Å². The summed E-state index contributed by atoms with van der Waals surface area (Å²) in [6, 6.07) is 3.22. The highest BCUT2D eigenvalue weighted by Crippen LogP contribution is 2.34. The molecule has 0 radical (unpaired) electrons. The molecule has 2 amide bonds. The van der Waals surface area contributed by atoms with Gasteiger partial charge in [-0.3, -0.25) is 9.59 Å². The first-order valence-corrected chi connectivity index (χ1v) is 6.32. The number of nitrogens with one attached hydrogen (secondary N) is 2. The number of rotatable bonds is 4. The Morgan fingerprint density at radius 2 is 1.95 bits per heavy atom. The fourth-order valence-corrected chi connectivity index (χ4v) is 1.77. The number of nitrogens with two attached hydrogens (primary N) is 1. The molecule has 114 valence electrons. The molecular formula is C13H14F3N3O2. The number of carbonyl (C=O) groups is 2. The zero-order valence-corrected chi connectivity index (χ0v) is 11.0. The molecule has 0 bridgehead atoms. The molecule has 2 rings (SSSR count). The standard InChI is InChI=1S/C13H14F3N3O2/c14-13(15,16)9-3-1-2-8(11(9)17)12(21)18-6-10(20)19-7-4-5-7/h1-3,7H,4-6,17H2,(H,18,21)(H,19,20). The fourth-order valence-electron chi connectivity index (χ4n) is 1.77. The molecule has 8 heteroatoms. The maximum absolute atomic E-state index is 12.7. The molecule has 1 aromatic carbocycles. The Morgan fingerprint density at radius 1 is 1.29 bits per heavy atom. The Balaban J connectivity index is 2.03. The first-order chi connectivity index (χ1) is 9.79. The summed E-state index contributed by atoms with van der Waals surface area (Å²) in [6.07, 6.45) is -2.83. The summed E-state index contributed by atoms with van der Waals surface area (Å²) in [5.41, 5.74) is 3.36. The van der Waals surface area contributed by atoms with Crippen LogP contribution in [0.2, 0.25) is 0 Å². The van der Waals surface area contributed by atoms with Crippen molar-refractivity contribution in [3.8, 4) is 0 Å². The van der Waals surface area contributed by atoms with Gasteiger partial charge in [-0.05, 0) is 25.0 Å². The highest BCUT2D eigenvalue weighted by atomic mass is 19.4. The van der Waals surface area contributed by atoms with E-state index in [1.807, 2.05) is 0 Å². The molecule has 0 atom stereocenters. The van der Waals surface area contributed by atoms with E-state index in [1.165, 1.54) is 6.07 Å². The second kappa shape index (κ2) is 5.63. The molecule has 0 spiro atoms. The van der Waals surface area contributed by atoms with Crippen molar-refractivity contribution in [1.29, 1.82) is 0 Å². The van der Waals surface area contributed by atoms with Gasteiger partial charge in [0, 0.05) is 6.04 Å². The van der Waals surface area contributed by atoms with Crippen molar-refractivity contribution in [3.05, 3.63) is 29.3 Å². The molecule has 0 saturated heterocycles. The SMILES string of the molecule is Nc1c(C(=O)NCC(=O)NC2CC2)cccc1C(F)(F)F. The average molecular weight is 301 g/mol. The average Bonchev–Trinajstić information content (AvgIpc) is 3.18. The maximum atomic E-state index is 12.7. The van der Waals surface area contributed by atoms with Crippen molar-refractivity contribution in [2.45, 2.75) is 25.1 Å². The van der Waals surface area contributed by atoms with Crippen LogP contribution in [0.3, 0.4) is 0 Å². The number of hydrogen-bond donors (Lipinski definition) is 3. The predicted molar refractivity (Wildman–Crippen MR) is 69.4 cm³/mol. The lowest BCUT2D eigenvalue weighted by Crippen LogP contribution is -2.38. The van der Waals surface area contributed by atoms with Crippen LogP contribution in [-0.2, 0) is 11.0 Å². The van der Waals surface area contributed by atoms with E-state index in [1.54, 1.807) is 0 Å². The van der Waals surface area contributed by atoms with Crippen molar-refractivity contribution in [3.63, 3.8) is 0 Å². The summed E-state index contributed by atoms with van der Waals surface area (Å²) in [6.45, 7) is -0.301. The molecule has 0 heterocycles. The van der Waals surface area contributed by atoms with E-state index in [2.05, 4.69) is 10.6 Å². The topological polar surface area (TPSA) is 84.2 Å². The zero-order valence-electron chi connectivity index (χ0n) is 11.0. The lowest BCUT2D eigenvalue weighted by atomic mass is 10.1. The summed E-state index contributed by atoms with van der Waals surface area (Å²) in [5, 5.41) is 4.90. The minimum Gasteiger partial charge on any atom is -0.398 e. The molecule has 0 unspecified atom stereocenters. The molecule has 1 aliphatic carbocycles. The molecule has 1 aromatic rings. The van der Waals surface area contributed by atoms with E-state index in [-0.39, 0.29) is 24.1 Å². The van der Waals surface area contributed by atoms with Gasteiger partial charge < -0.3 is 16.4 Å². The third-order valence-electron chi connectivity index (χ3n) is 3.01. The van der Waals surface area contributed by atoms with E-state index in [0.717, 1.165) is 25.0 Å². The Hall–Kier alpha value is -2.25. The van der Waals surface area contributed by atoms with Gasteiger partial charge in [0.1, 0.15) is 0 Å². The second-order valence-corrected chi connectivity index (χ2v) is 4.79. The van der Waals surface area contributed by atoms with Gasteiger partial charge in [0.15, 0.2) is 0 Å². The quantitative estimate of drug-likeness (QED) is 0.733. The summed E-state index contributed by atoms with van der Waals surface area (Å²) in [7, 11) is 0. The van der Waals surface area contributed by atoms with Crippen LogP contribution in [0.15, 0.2) is 18.2 Å². The third-order valence-corrected chi connectivity index (χ3v) is 3.01. The summed E-state index contributed by atoms with van der Waals surface area (Å²) >= 11 is 0. The molecule has 1 fully saturated rings. The lowest BCUT2D eigenvalue weighted by Gasteiger charge is -2.13. The van der Waals surface area contributed by atoms with Crippen LogP contribution in [-0.4, -0.2) is 24.4 Å². The Morgan fingerprint density at radius 3 is 2.52 bits per heavy atom. The van der Waals surface area contributed by atoms with Gasteiger partial charge in [-0.2, -0.15) is 13.2 Å². The van der Waals surface area contributed by atoms with Crippen LogP contribution < -0.4 is 16.4 Å². The molecule has 1 saturated carbocycles. The minimum absolute atomic E-state index is 0.146. The summed E-state index contributed by atoms with van der Waals surface area (Å²) < 4.78 is 38.0. The largest absolute Gasteiger partial charge is 0.418 e. The summed E-state index contributed by atoms with van der Waals surface area (Å²) in [5.74, 6) is -1.19. The van der Waals surface area contributed by atoms with Crippen LogP contribution >= 0.6 is 0 Å². The number of para-hydroxylation sites is 1. The first-order valence-electron chi connectivity index (χ1n) is 6.32. The number of hydrogen-bond acceptors (Lipinski definition) is 3. The predicted octanol–water partition coefficient (Wildman–Crippen LogP) is 1.30. The number of nitrogen functional groups attached to an aromatic ring is 1. The summed E-state index contributed by atoms with van der Waals surface area (Å²) in [4.78, 5) is 23.2. The number of alkyl halides is 3. The molecule has 4 N–H and O–H groups in total. The molecule has 1 aliphatic rings. The van der Waals surface area contributed by atoms with Crippen molar-refractivity contribution < 1.29 is 22.8 Å². The van der Waals surface area contributed by atoms with Gasteiger partial charge in [0.05, 0.1) is 23.4 Å². The Labute approximate surface area is 118 Å². The van der Waals surface area contributed by atoms with E-state index < -0.39 is 23.3 Å². The number of benzene rings is 1. The van der Waals surface area contributed by atoms with Gasteiger partial charge in [0.25, 0.3) is 5.91 Å². The van der Waals surface area contributed by atoms with Gasteiger partial charge >= 0.3 is 6.18 Å². The maximum Gasteiger partial charge on any atom is 0.418 e. The number of halogens is 3. The number of amides is 2. The number of anilines is 1. The van der Waals surface area contributed by atoms with Gasteiger partial charge in [-0.25, -0.2) is 0 Å². The normalized spacial score (nSPS) is 14.6. The van der Waals surface area contributed by atoms with Crippen molar-refractivity contribution in [2.75, 3.05) is 12.3 Å². The van der Waals surface area contributed by atoms with E-state index in [4.69, 9.17) is 5.73 Å². The van der Waals surface area contributed by atoms with Crippen LogP contribution in [0.5, 0.6) is 0 Å². The minimum atomic E-state index is -4.64. The van der Waals surface area contributed by atoms with Crippen LogP contribution in [0, 0.1) is 0 Å². The second-order valence-electron chi connectivity index (χ2n) is 4.79. The van der Waals surface area contributed by atoms with Gasteiger partial charge in [-0.15, -0.1) is 0 Å². The van der Waals surface area contributed by atoms with Crippen LogP contribution in [0.1, 0.15) is 28.8 Å². The van der Waals surface area contributed by atoms with Crippen LogP contribution in [0.25, 0.3) is 0 Å². The fraction of sp³-hybridized carbons (Fsp3) is 0.385. The van der Waals surface area contributed by atoms with E-state index in [9.17, 15) is 22.8 Å². The monoisotopic (exact) mass is 301 g/mol. The molecule has 21 heavy (non-hydrogen) atoms. The highest BCUT2D eigenvalue weighted by molar-refractivity contribution is 6.01. The molecule has 0 aromatic heterocycles. The lowest BCUT2D eigenvalue weighted by molar-refractivity contribution is -0.137. The van der Waals surface area contributed by atoms with Crippen molar-refractivity contribution >= 4 is 17.5 Å². The molecule has 5 nitrogen and oxygen atoms in total. The van der Waals surface area contributed by atoms with E-state index >= 15 is 0 Å². The smallest absolute Gasteiger partial charge is 0.398 e. The highest BCUT2D eigenvalue weighted by Gasteiger charge is 2.34. The van der Waals surface area contributed by atoms with Crippen LogP contribution in [0.4, 0.5) is 18.9 Å². The van der Waals surface area contributed by atoms with E-state index in [0.29, 0.717) is 0 Å². The molecular weight excluding hydrogens is 287 g/mol. The number of carbonyl (C=O) groups excluding carboxylic acids is 2. The van der Waals surface area contributed by atoms with Gasteiger partial charge in [0.2, 0.25) is 5.91 Å². The van der Waals surface area contributed by atoms with Crippen molar-refractivity contribution in [2.24, 2.45) is 0 Å². The zero-order chi connectivity index (χ0) is 15.6. The first kappa shape index (κ1) is 15.1. The Kier molecular flexibility index (Phi) is 4.06. The molecule has 0 aliphatic heterocycles. The Bertz CT molecular complexity index is 568.